The first-order valence-corrected chi connectivity index (χ1v) is 6.33. The van der Waals surface area contributed by atoms with Crippen LogP contribution in [0.2, 0.25) is 15.1 Å². The maximum Gasteiger partial charge on any atom is 0.257 e. The van der Waals surface area contributed by atoms with E-state index in [9.17, 15) is 9.18 Å². The third kappa shape index (κ3) is 3.18. The molecule has 0 unspecified atom stereocenters. The Morgan fingerprint density at radius 1 is 1.11 bits per heavy atom. The number of rotatable bonds is 2. The van der Waals surface area contributed by atoms with Gasteiger partial charge in [-0.2, -0.15) is 0 Å². The molecule has 0 radical (unpaired) electrons. The Kier molecular flexibility index (Phi) is 4.30. The highest BCUT2D eigenvalue weighted by Crippen LogP contribution is 2.27. The van der Waals surface area contributed by atoms with Gasteiger partial charge in [-0.3, -0.25) is 4.79 Å². The van der Waals surface area contributed by atoms with E-state index < -0.39 is 11.7 Å². The van der Waals surface area contributed by atoms with E-state index in [4.69, 9.17) is 34.8 Å². The lowest BCUT2D eigenvalue weighted by Gasteiger charge is -2.08. The van der Waals surface area contributed by atoms with Crippen molar-refractivity contribution in [3.63, 3.8) is 0 Å². The van der Waals surface area contributed by atoms with E-state index in [2.05, 4.69) is 5.32 Å². The molecule has 1 amide bonds. The van der Waals surface area contributed by atoms with Crippen molar-refractivity contribution in [2.24, 2.45) is 0 Å². The quantitative estimate of drug-likeness (QED) is 0.826. The molecule has 0 saturated carbocycles. The molecule has 1 N–H and O–H groups in total. The van der Waals surface area contributed by atoms with Gasteiger partial charge in [0.25, 0.3) is 5.91 Å². The standard InChI is InChI=1S/C13H7Cl3FNO/c14-7-4-5-10(17)11(6-7)18-13(19)8-2-1-3-9(15)12(8)16/h1-6H,(H,18,19). The van der Waals surface area contributed by atoms with E-state index in [1.165, 1.54) is 18.2 Å². The van der Waals surface area contributed by atoms with E-state index in [0.29, 0.717) is 5.02 Å². The first-order valence-electron chi connectivity index (χ1n) is 5.19. The summed E-state index contributed by atoms with van der Waals surface area (Å²) in [5.41, 5.74) is 0.141. The molecule has 0 saturated heterocycles. The van der Waals surface area contributed by atoms with Gasteiger partial charge < -0.3 is 5.32 Å². The van der Waals surface area contributed by atoms with Gasteiger partial charge in [0.2, 0.25) is 0 Å². The average molecular weight is 319 g/mol. The van der Waals surface area contributed by atoms with Gasteiger partial charge in [0.05, 0.1) is 21.3 Å². The van der Waals surface area contributed by atoms with Crippen LogP contribution in [-0.4, -0.2) is 5.91 Å². The van der Waals surface area contributed by atoms with Gasteiger partial charge in [-0.25, -0.2) is 4.39 Å². The maximum atomic E-state index is 13.5. The van der Waals surface area contributed by atoms with Crippen molar-refractivity contribution < 1.29 is 9.18 Å². The van der Waals surface area contributed by atoms with Gasteiger partial charge in [0.1, 0.15) is 5.82 Å². The maximum absolute atomic E-state index is 13.5. The zero-order chi connectivity index (χ0) is 14.0. The number of carbonyl (C=O) groups is 1. The van der Waals surface area contributed by atoms with Gasteiger partial charge in [-0.15, -0.1) is 0 Å². The van der Waals surface area contributed by atoms with Crippen molar-refractivity contribution in [2.45, 2.75) is 0 Å². The second-order valence-corrected chi connectivity index (χ2v) is 4.90. The van der Waals surface area contributed by atoms with Crippen molar-refractivity contribution in [3.05, 3.63) is 62.8 Å². The van der Waals surface area contributed by atoms with E-state index in [-0.39, 0.29) is 21.3 Å². The third-order valence-corrected chi connectivity index (χ3v) is 3.43. The van der Waals surface area contributed by atoms with Gasteiger partial charge in [-0.05, 0) is 30.3 Å². The molecular formula is C13H7Cl3FNO. The fourth-order valence-electron chi connectivity index (χ4n) is 1.46. The minimum absolute atomic E-state index is 0.0199. The largest absolute Gasteiger partial charge is 0.319 e. The SMILES string of the molecule is O=C(Nc1cc(Cl)ccc1F)c1cccc(Cl)c1Cl. The van der Waals surface area contributed by atoms with Crippen LogP contribution < -0.4 is 5.32 Å². The molecule has 0 aliphatic carbocycles. The van der Waals surface area contributed by atoms with Gasteiger partial charge in [0.15, 0.2) is 0 Å². The molecule has 2 nitrogen and oxygen atoms in total. The molecule has 0 bridgehead atoms. The summed E-state index contributed by atoms with van der Waals surface area (Å²) in [4.78, 5) is 12.0. The van der Waals surface area contributed by atoms with Crippen molar-refractivity contribution in [2.75, 3.05) is 5.32 Å². The topological polar surface area (TPSA) is 29.1 Å². The summed E-state index contributed by atoms with van der Waals surface area (Å²) in [5.74, 6) is -1.15. The van der Waals surface area contributed by atoms with Crippen molar-refractivity contribution >= 4 is 46.4 Å². The normalized spacial score (nSPS) is 10.3. The lowest BCUT2D eigenvalue weighted by Crippen LogP contribution is -2.13. The Bertz CT molecular complexity index is 646. The van der Waals surface area contributed by atoms with Crippen LogP contribution in [0.25, 0.3) is 0 Å². The van der Waals surface area contributed by atoms with Crippen LogP contribution in [0.1, 0.15) is 10.4 Å². The van der Waals surface area contributed by atoms with Crippen molar-refractivity contribution in [3.8, 4) is 0 Å². The minimum atomic E-state index is -0.587. The van der Waals surface area contributed by atoms with Gasteiger partial charge in [0, 0.05) is 5.02 Å². The lowest BCUT2D eigenvalue weighted by atomic mass is 10.2. The lowest BCUT2D eigenvalue weighted by molar-refractivity contribution is 0.102. The number of nitrogens with one attached hydrogen (secondary N) is 1. The van der Waals surface area contributed by atoms with E-state index in [0.717, 1.165) is 6.07 Å². The molecule has 0 aromatic heterocycles. The molecule has 2 rings (SSSR count). The summed E-state index contributed by atoms with van der Waals surface area (Å²) in [7, 11) is 0. The van der Waals surface area contributed by atoms with Gasteiger partial charge in [-0.1, -0.05) is 40.9 Å². The van der Waals surface area contributed by atoms with E-state index in [1.807, 2.05) is 0 Å². The highest BCUT2D eigenvalue weighted by Gasteiger charge is 2.14. The average Bonchev–Trinajstić information content (AvgIpc) is 2.37. The van der Waals surface area contributed by atoms with Crippen molar-refractivity contribution in [1.82, 2.24) is 0 Å². The number of halogens is 4. The highest BCUT2D eigenvalue weighted by molar-refractivity contribution is 6.44. The molecule has 0 spiro atoms. The first-order chi connectivity index (χ1) is 8.99. The zero-order valence-corrected chi connectivity index (χ0v) is 11.7. The molecule has 6 heteroatoms. The van der Waals surface area contributed by atoms with Crippen LogP contribution in [0.5, 0.6) is 0 Å². The molecule has 98 valence electrons. The summed E-state index contributed by atoms with van der Waals surface area (Å²) >= 11 is 17.5. The minimum Gasteiger partial charge on any atom is -0.319 e. The molecule has 2 aromatic rings. The molecule has 0 heterocycles. The molecular weight excluding hydrogens is 312 g/mol. The van der Waals surface area contributed by atoms with Crippen LogP contribution in [0, 0.1) is 5.82 Å². The van der Waals surface area contributed by atoms with Crippen molar-refractivity contribution in [1.29, 1.82) is 0 Å². The summed E-state index contributed by atoms with van der Waals surface area (Å²) < 4.78 is 13.5. The predicted octanol–water partition coefficient (Wildman–Crippen LogP) is 5.04. The summed E-state index contributed by atoms with van der Waals surface area (Å²) in [6.45, 7) is 0. The number of benzene rings is 2. The molecule has 0 aliphatic rings. The summed E-state index contributed by atoms with van der Waals surface area (Å²) in [6.07, 6.45) is 0. The Morgan fingerprint density at radius 3 is 2.58 bits per heavy atom. The zero-order valence-electron chi connectivity index (χ0n) is 9.38. The smallest absolute Gasteiger partial charge is 0.257 e. The monoisotopic (exact) mass is 317 g/mol. The number of carbonyl (C=O) groups excluding carboxylic acids is 1. The fourth-order valence-corrected chi connectivity index (χ4v) is 2.02. The van der Waals surface area contributed by atoms with Gasteiger partial charge >= 0.3 is 0 Å². The Hall–Kier alpha value is -1.29. The summed E-state index contributed by atoms with van der Waals surface area (Å²) in [6, 6.07) is 8.49. The van der Waals surface area contributed by atoms with Crippen LogP contribution in [-0.2, 0) is 0 Å². The Balaban J connectivity index is 2.31. The molecule has 19 heavy (non-hydrogen) atoms. The van der Waals surface area contributed by atoms with Crippen LogP contribution in [0.3, 0.4) is 0 Å². The second kappa shape index (κ2) is 5.78. The highest BCUT2D eigenvalue weighted by atomic mass is 35.5. The number of anilines is 1. The number of hydrogen-bond donors (Lipinski definition) is 1. The molecule has 2 aromatic carbocycles. The second-order valence-electron chi connectivity index (χ2n) is 3.68. The summed E-state index contributed by atoms with van der Waals surface area (Å²) in [5, 5.41) is 3.07. The van der Waals surface area contributed by atoms with Crippen LogP contribution >= 0.6 is 34.8 Å². The van der Waals surface area contributed by atoms with Crippen LogP contribution in [0.4, 0.5) is 10.1 Å². The molecule has 0 fully saturated rings. The molecule has 0 aliphatic heterocycles. The van der Waals surface area contributed by atoms with E-state index >= 15 is 0 Å². The fraction of sp³-hybridized carbons (Fsp3) is 0. The Morgan fingerprint density at radius 2 is 1.84 bits per heavy atom. The number of hydrogen-bond acceptors (Lipinski definition) is 1. The van der Waals surface area contributed by atoms with Crippen LogP contribution in [0.15, 0.2) is 36.4 Å². The molecule has 0 atom stereocenters. The van der Waals surface area contributed by atoms with E-state index in [1.54, 1.807) is 12.1 Å². The third-order valence-electron chi connectivity index (χ3n) is 2.37. The number of amides is 1. The Labute approximate surface area is 124 Å². The first kappa shape index (κ1) is 14.1. The predicted molar refractivity (Wildman–Crippen MR) is 75.8 cm³/mol.